The maximum atomic E-state index is 12.8. The number of methoxy groups -OCH3 is 1. The Kier molecular flexibility index (Phi) is 6.50. The van der Waals surface area contributed by atoms with Gasteiger partial charge in [-0.25, -0.2) is 0 Å². The number of hydrogen-bond donors (Lipinski definition) is 1. The van der Waals surface area contributed by atoms with Crippen molar-refractivity contribution in [2.45, 2.75) is 52.2 Å². The van der Waals surface area contributed by atoms with Gasteiger partial charge < -0.3 is 10.1 Å². The number of amides is 1. The van der Waals surface area contributed by atoms with Gasteiger partial charge in [-0.3, -0.25) is 14.4 Å². The topological polar surface area (TPSA) is 59.4 Å². The Morgan fingerprint density at radius 1 is 1.30 bits per heavy atom. The van der Waals surface area contributed by atoms with E-state index in [2.05, 4.69) is 27.4 Å². The molecule has 0 bridgehead atoms. The summed E-state index contributed by atoms with van der Waals surface area (Å²) < 4.78 is 7.27. The van der Waals surface area contributed by atoms with Crippen LogP contribution in [0, 0.1) is 13.8 Å². The SMILES string of the molecule is COc1cccc(CN2CCCCC2C(=O)NCCn2nc(C)cc2C)c1. The van der Waals surface area contributed by atoms with Crippen molar-refractivity contribution in [3.63, 3.8) is 0 Å². The van der Waals surface area contributed by atoms with E-state index in [1.807, 2.05) is 36.7 Å². The number of aromatic nitrogens is 2. The summed E-state index contributed by atoms with van der Waals surface area (Å²) >= 11 is 0. The highest BCUT2D eigenvalue weighted by Crippen LogP contribution is 2.21. The lowest BCUT2D eigenvalue weighted by molar-refractivity contribution is -0.127. The van der Waals surface area contributed by atoms with Crippen LogP contribution in [-0.4, -0.2) is 46.8 Å². The lowest BCUT2D eigenvalue weighted by Gasteiger charge is -2.34. The maximum absolute atomic E-state index is 12.8. The van der Waals surface area contributed by atoms with Crippen molar-refractivity contribution in [1.82, 2.24) is 20.0 Å². The Bertz CT molecular complexity index is 771. The van der Waals surface area contributed by atoms with Crippen LogP contribution in [-0.2, 0) is 17.9 Å². The number of benzene rings is 1. The predicted molar refractivity (Wildman–Crippen MR) is 106 cm³/mol. The van der Waals surface area contributed by atoms with Crippen LogP contribution in [0.4, 0.5) is 0 Å². The highest BCUT2D eigenvalue weighted by Gasteiger charge is 2.28. The number of rotatable bonds is 7. The predicted octanol–water partition coefficient (Wildman–Crippen LogP) is 2.68. The fourth-order valence-corrected chi connectivity index (χ4v) is 3.79. The van der Waals surface area contributed by atoms with Crippen LogP contribution in [0.2, 0.25) is 0 Å². The third kappa shape index (κ3) is 5.10. The minimum Gasteiger partial charge on any atom is -0.497 e. The maximum Gasteiger partial charge on any atom is 0.237 e. The first-order valence-corrected chi connectivity index (χ1v) is 9.72. The van der Waals surface area contributed by atoms with E-state index in [-0.39, 0.29) is 11.9 Å². The second-order valence-corrected chi connectivity index (χ2v) is 7.27. The molecule has 0 aliphatic carbocycles. The molecule has 0 saturated carbocycles. The normalized spacial score (nSPS) is 17.7. The lowest BCUT2D eigenvalue weighted by Crippen LogP contribution is -2.49. The number of carbonyl (C=O) groups excluding carboxylic acids is 1. The molecule has 3 rings (SSSR count). The first-order chi connectivity index (χ1) is 13.1. The van der Waals surface area contributed by atoms with E-state index in [0.29, 0.717) is 13.1 Å². The van der Waals surface area contributed by atoms with Gasteiger partial charge >= 0.3 is 0 Å². The van der Waals surface area contributed by atoms with Gasteiger partial charge in [0.25, 0.3) is 0 Å². The Hall–Kier alpha value is -2.34. The smallest absolute Gasteiger partial charge is 0.237 e. The minimum atomic E-state index is -0.0644. The largest absolute Gasteiger partial charge is 0.497 e. The fourth-order valence-electron chi connectivity index (χ4n) is 3.79. The van der Waals surface area contributed by atoms with Crippen LogP contribution in [0.1, 0.15) is 36.2 Å². The van der Waals surface area contributed by atoms with Crippen LogP contribution in [0.15, 0.2) is 30.3 Å². The third-order valence-electron chi connectivity index (χ3n) is 5.16. The summed E-state index contributed by atoms with van der Waals surface area (Å²) in [6, 6.07) is 10.1. The Morgan fingerprint density at radius 2 is 2.15 bits per heavy atom. The molecule has 1 atom stereocenters. The van der Waals surface area contributed by atoms with Crippen molar-refractivity contribution in [1.29, 1.82) is 0 Å². The van der Waals surface area contributed by atoms with Gasteiger partial charge in [0, 0.05) is 18.8 Å². The molecule has 1 saturated heterocycles. The van der Waals surface area contributed by atoms with E-state index in [9.17, 15) is 4.79 Å². The Morgan fingerprint density at radius 3 is 2.89 bits per heavy atom. The summed E-state index contributed by atoms with van der Waals surface area (Å²) in [4.78, 5) is 15.1. The van der Waals surface area contributed by atoms with Gasteiger partial charge in [-0.2, -0.15) is 5.10 Å². The minimum absolute atomic E-state index is 0.0644. The molecule has 1 amide bonds. The molecular formula is C21H30N4O2. The highest BCUT2D eigenvalue weighted by atomic mass is 16.5. The van der Waals surface area contributed by atoms with Crippen molar-refractivity contribution >= 4 is 5.91 Å². The van der Waals surface area contributed by atoms with E-state index in [0.717, 1.165) is 49.5 Å². The van der Waals surface area contributed by atoms with Gasteiger partial charge in [-0.15, -0.1) is 0 Å². The zero-order valence-corrected chi connectivity index (χ0v) is 16.6. The van der Waals surface area contributed by atoms with Crippen LogP contribution in [0.5, 0.6) is 5.75 Å². The van der Waals surface area contributed by atoms with E-state index in [4.69, 9.17) is 4.74 Å². The number of aryl methyl sites for hydroxylation is 2. The van der Waals surface area contributed by atoms with Crippen LogP contribution >= 0.6 is 0 Å². The molecule has 2 aromatic rings. The molecule has 1 aromatic carbocycles. The molecule has 0 radical (unpaired) electrons. The van der Waals surface area contributed by atoms with E-state index in [1.54, 1.807) is 7.11 Å². The van der Waals surface area contributed by atoms with Gasteiger partial charge in [-0.1, -0.05) is 18.6 Å². The van der Waals surface area contributed by atoms with Gasteiger partial charge in [0.15, 0.2) is 0 Å². The molecule has 1 aromatic heterocycles. The van der Waals surface area contributed by atoms with Crippen LogP contribution < -0.4 is 10.1 Å². The Balaban J connectivity index is 1.57. The number of carbonyl (C=O) groups is 1. The van der Waals surface area contributed by atoms with E-state index >= 15 is 0 Å². The molecule has 1 aliphatic heterocycles. The van der Waals surface area contributed by atoms with Crippen molar-refractivity contribution in [3.05, 3.63) is 47.3 Å². The molecule has 6 nitrogen and oxygen atoms in total. The summed E-state index contributed by atoms with van der Waals surface area (Å²) in [5.74, 6) is 0.981. The van der Waals surface area contributed by atoms with Crippen LogP contribution in [0.3, 0.4) is 0 Å². The third-order valence-corrected chi connectivity index (χ3v) is 5.16. The first kappa shape index (κ1) is 19.4. The average molecular weight is 370 g/mol. The second-order valence-electron chi connectivity index (χ2n) is 7.27. The van der Waals surface area contributed by atoms with Gasteiger partial charge in [0.05, 0.1) is 25.4 Å². The van der Waals surface area contributed by atoms with Crippen LogP contribution in [0.25, 0.3) is 0 Å². The van der Waals surface area contributed by atoms with Crippen molar-refractivity contribution in [3.8, 4) is 5.75 Å². The van der Waals surface area contributed by atoms with Crippen molar-refractivity contribution in [2.24, 2.45) is 0 Å². The number of nitrogens with one attached hydrogen (secondary N) is 1. The summed E-state index contributed by atoms with van der Waals surface area (Å²) in [7, 11) is 1.68. The second kappa shape index (κ2) is 9.04. The summed E-state index contributed by atoms with van der Waals surface area (Å²) in [5, 5.41) is 7.56. The quantitative estimate of drug-likeness (QED) is 0.814. The van der Waals surface area contributed by atoms with E-state index < -0.39 is 0 Å². The van der Waals surface area contributed by atoms with Crippen molar-refractivity contribution < 1.29 is 9.53 Å². The number of ether oxygens (including phenoxy) is 1. The summed E-state index contributed by atoms with van der Waals surface area (Å²) in [6.07, 6.45) is 3.15. The number of nitrogens with zero attached hydrogens (tertiary/aromatic N) is 3. The molecule has 1 unspecified atom stereocenters. The number of piperidine rings is 1. The standard InChI is InChI=1S/C21H30N4O2/c1-16-13-17(2)25(23-16)12-10-22-21(26)20-9-4-5-11-24(20)15-18-7-6-8-19(14-18)27-3/h6-8,13-14,20H,4-5,9-12,15H2,1-3H3,(H,22,26). The fraction of sp³-hybridized carbons (Fsp3) is 0.524. The van der Waals surface area contributed by atoms with Gasteiger partial charge in [-0.05, 0) is 57.0 Å². The highest BCUT2D eigenvalue weighted by molar-refractivity contribution is 5.81. The Labute approximate surface area is 161 Å². The number of likely N-dealkylation sites (tertiary alicyclic amines) is 1. The zero-order chi connectivity index (χ0) is 19.2. The molecule has 2 heterocycles. The van der Waals surface area contributed by atoms with E-state index in [1.165, 1.54) is 5.56 Å². The van der Waals surface area contributed by atoms with Crippen molar-refractivity contribution in [2.75, 3.05) is 20.2 Å². The molecule has 1 fully saturated rings. The summed E-state index contributed by atoms with van der Waals surface area (Å²) in [5.41, 5.74) is 3.31. The molecule has 1 N–H and O–H groups in total. The molecule has 146 valence electrons. The average Bonchev–Trinajstić information content (AvgIpc) is 2.99. The lowest BCUT2D eigenvalue weighted by atomic mass is 10.0. The monoisotopic (exact) mass is 370 g/mol. The molecule has 0 spiro atoms. The molecular weight excluding hydrogens is 340 g/mol. The van der Waals surface area contributed by atoms with Gasteiger partial charge in [0.2, 0.25) is 5.91 Å². The molecule has 27 heavy (non-hydrogen) atoms. The zero-order valence-electron chi connectivity index (χ0n) is 16.6. The van der Waals surface area contributed by atoms with Gasteiger partial charge in [0.1, 0.15) is 5.75 Å². The number of hydrogen-bond acceptors (Lipinski definition) is 4. The summed E-state index contributed by atoms with van der Waals surface area (Å²) in [6.45, 7) is 7.05. The molecule has 1 aliphatic rings. The molecule has 6 heteroatoms. The first-order valence-electron chi connectivity index (χ1n) is 9.72.